The number of unbranched alkanes of at least 4 members (excludes halogenated alkanes) is 2. The number of carboxylic acids is 1. The van der Waals surface area contributed by atoms with E-state index in [-0.39, 0.29) is 11.5 Å². The van der Waals surface area contributed by atoms with Crippen molar-refractivity contribution in [1.82, 2.24) is 0 Å². The highest BCUT2D eigenvalue weighted by molar-refractivity contribution is 9.10. The van der Waals surface area contributed by atoms with E-state index in [0.717, 1.165) is 19.3 Å². The average molecular weight is 329 g/mol. The van der Waals surface area contributed by atoms with Crippen LogP contribution in [0.2, 0.25) is 0 Å². The van der Waals surface area contributed by atoms with Gasteiger partial charge in [-0.1, -0.05) is 12.5 Å². The summed E-state index contributed by atoms with van der Waals surface area (Å²) in [6.07, 6.45) is 2.89. The monoisotopic (exact) mass is 328 g/mol. The lowest BCUT2D eigenvalue weighted by Gasteiger charge is -2.10. The first-order chi connectivity index (χ1) is 9.06. The molecule has 6 heteroatoms. The number of aromatic carboxylic acids is 1. The number of nitrogens with one attached hydrogen (secondary N) is 1. The molecule has 0 saturated heterocycles. The third kappa shape index (κ3) is 5.00. The second-order valence-electron chi connectivity index (χ2n) is 4.12. The van der Waals surface area contributed by atoms with Gasteiger partial charge in [-0.2, -0.15) is 0 Å². The number of hydrogen-bond donors (Lipinski definition) is 3. The second-order valence-corrected chi connectivity index (χ2v) is 4.97. The van der Waals surface area contributed by atoms with Crippen LogP contribution >= 0.6 is 15.9 Å². The molecule has 1 rings (SSSR count). The fourth-order valence-corrected chi connectivity index (χ4v) is 2.10. The Hall–Kier alpha value is -1.40. The number of hydrogen-bond acceptors (Lipinski definition) is 3. The summed E-state index contributed by atoms with van der Waals surface area (Å²) < 4.78 is 0.558. The van der Waals surface area contributed by atoms with Crippen LogP contribution in [0.4, 0.5) is 5.69 Å². The quantitative estimate of drug-likeness (QED) is 0.671. The first kappa shape index (κ1) is 15.7. The van der Waals surface area contributed by atoms with Crippen molar-refractivity contribution in [3.05, 3.63) is 28.2 Å². The van der Waals surface area contributed by atoms with Crippen molar-refractivity contribution in [1.29, 1.82) is 0 Å². The van der Waals surface area contributed by atoms with E-state index in [1.807, 2.05) is 0 Å². The van der Waals surface area contributed by atoms with Gasteiger partial charge in [-0.25, -0.2) is 4.79 Å². The Kier molecular flexibility index (Phi) is 6.52. The van der Waals surface area contributed by atoms with Gasteiger partial charge in [-0.05, 0) is 47.4 Å². The first-order valence-electron chi connectivity index (χ1n) is 6.08. The molecule has 4 N–H and O–H groups in total. The van der Waals surface area contributed by atoms with Gasteiger partial charge in [0.05, 0.1) is 11.3 Å². The van der Waals surface area contributed by atoms with Crippen LogP contribution in [-0.4, -0.2) is 23.5 Å². The largest absolute Gasteiger partial charge is 0.478 e. The van der Waals surface area contributed by atoms with Gasteiger partial charge in [0.15, 0.2) is 0 Å². The van der Waals surface area contributed by atoms with E-state index >= 15 is 0 Å². The number of amides is 1. The van der Waals surface area contributed by atoms with E-state index < -0.39 is 5.97 Å². The molecular weight excluding hydrogens is 312 g/mol. The van der Waals surface area contributed by atoms with Crippen molar-refractivity contribution in [2.45, 2.75) is 25.7 Å². The molecule has 0 spiro atoms. The number of halogens is 1. The lowest BCUT2D eigenvalue weighted by Crippen LogP contribution is -2.15. The topological polar surface area (TPSA) is 92.4 Å². The van der Waals surface area contributed by atoms with Crippen molar-refractivity contribution in [2.24, 2.45) is 5.73 Å². The molecule has 0 aromatic heterocycles. The molecule has 5 nitrogen and oxygen atoms in total. The summed E-state index contributed by atoms with van der Waals surface area (Å²) in [6, 6.07) is 4.76. The van der Waals surface area contributed by atoms with E-state index in [9.17, 15) is 9.59 Å². The predicted molar refractivity (Wildman–Crippen MR) is 77.3 cm³/mol. The van der Waals surface area contributed by atoms with Gasteiger partial charge in [0.25, 0.3) is 0 Å². The van der Waals surface area contributed by atoms with E-state index in [1.165, 1.54) is 6.07 Å². The summed E-state index contributed by atoms with van der Waals surface area (Å²) in [5.41, 5.74) is 5.75. The Labute approximate surface area is 120 Å². The minimum absolute atomic E-state index is 0.0738. The number of anilines is 1. The number of carboxylic acid groups (broad SMARTS) is 1. The average Bonchev–Trinajstić information content (AvgIpc) is 2.37. The van der Waals surface area contributed by atoms with E-state index in [1.54, 1.807) is 12.1 Å². The van der Waals surface area contributed by atoms with Crippen LogP contribution in [0.1, 0.15) is 36.0 Å². The highest BCUT2D eigenvalue weighted by Gasteiger charge is 2.14. The van der Waals surface area contributed by atoms with Crippen LogP contribution in [0.3, 0.4) is 0 Å². The van der Waals surface area contributed by atoms with Crippen molar-refractivity contribution >= 4 is 33.5 Å². The van der Waals surface area contributed by atoms with Crippen molar-refractivity contribution in [3.63, 3.8) is 0 Å². The van der Waals surface area contributed by atoms with Crippen molar-refractivity contribution in [2.75, 3.05) is 11.9 Å². The fraction of sp³-hybridized carbons (Fsp3) is 0.385. The molecule has 1 aromatic carbocycles. The highest BCUT2D eigenvalue weighted by Crippen LogP contribution is 2.26. The van der Waals surface area contributed by atoms with Gasteiger partial charge < -0.3 is 16.2 Å². The standard InChI is InChI=1S/C13H17BrN2O3/c14-10-6-4-5-9(13(18)19)12(10)16-11(17)7-2-1-3-8-15/h4-6H,1-3,7-8,15H2,(H,16,17)(H,18,19). The summed E-state index contributed by atoms with van der Waals surface area (Å²) in [6.45, 7) is 0.620. The first-order valence-corrected chi connectivity index (χ1v) is 6.87. The number of nitrogens with two attached hydrogens (primary N) is 1. The van der Waals surface area contributed by atoms with Gasteiger partial charge >= 0.3 is 5.97 Å². The molecule has 0 aliphatic heterocycles. The maximum atomic E-state index is 11.7. The Morgan fingerprint density at radius 2 is 2.00 bits per heavy atom. The van der Waals surface area contributed by atoms with Crippen molar-refractivity contribution < 1.29 is 14.7 Å². The lowest BCUT2D eigenvalue weighted by molar-refractivity contribution is -0.116. The zero-order valence-electron chi connectivity index (χ0n) is 10.5. The van der Waals surface area contributed by atoms with Crippen LogP contribution in [0.15, 0.2) is 22.7 Å². The molecule has 0 unspecified atom stereocenters. The molecule has 0 saturated carbocycles. The van der Waals surface area contributed by atoms with Crippen LogP contribution in [-0.2, 0) is 4.79 Å². The summed E-state index contributed by atoms with van der Waals surface area (Å²) in [5.74, 6) is -1.26. The van der Waals surface area contributed by atoms with Crippen LogP contribution in [0, 0.1) is 0 Å². The SMILES string of the molecule is NCCCCCC(=O)Nc1c(Br)cccc1C(=O)O. The maximum absolute atomic E-state index is 11.7. The molecule has 0 heterocycles. The number of benzene rings is 1. The highest BCUT2D eigenvalue weighted by atomic mass is 79.9. The maximum Gasteiger partial charge on any atom is 0.337 e. The lowest BCUT2D eigenvalue weighted by atomic mass is 10.1. The molecule has 0 radical (unpaired) electrons. The molecule has 1 aromatic rings. The van der Waals surface area contributed by atoms with Gasteiger partial charge in [0.2, 0.25) is 5.91 Å². The molecular formula is C13H17BrN2O3. The molecule has 1 amide bonds. The third-order valence-electron chi connectivity index (χ3n) is 2.62. The number of rotatable bonds is 7. The molecule has 19 heavy (non-hydrogen) atoms. The third-order valence-corrected chi connectivity index (χ3v) is 3.28. The minimum atomic E-state index is -1.07. The molecule has 0 fully saturated rings. The van der Waals surface area contributed by atoms with Crippen LogP contribution in [0.5, 0.6) is 0 Å². The second kappa shape index (κ2) is 7.91. The van der Waals surface area contributed by atoms with Crippen molar-refractivity contribution in [3.8, 4) is 0 Å². The van der Waals surface area contributed by atoms with Gasteiger partial charge in [0, 0.05) is 10.9 Å². The number of carbonyl (C=O) groups excluding carboxylic acids is 1. The van der Waals surface area contributed by atoms with Crippen LogP contribution < -0.4 is 11.1 Å². The fourth-order valence-electron chi connectivity index (χ4n) is 1.64. The number of para-hydroxylation sites is 1. The molecule has 0 aliphatic rings. The zero-order chi connectivity index (χ0) is 14.3. The van der Waals surface area contributed by atoms with E-state index in [4.69, 9.17) is 10.8 Å². The molecule has 104 valence electrons. The molecule has 0 atom stereocenters. The summed E-state index contributed by atoms with van der Waals surface area (Å²) >= 11 is 3.24. The zero-order valence-corrected chi connectivity index (χ0v) is 12.1. The smallest absolute Gasteiger partial charge is 0.337 e. The Bertz CT molecular complexity index is 463. The number of carbonyl (C=O) groups is 2. The van der Waals surface area contributed by atoms with Crippen LogP contribution in [0.25, 0.3) is 0 Å². The Morgan fingerprint density at radius 3 is 2.63 bits per heavy atom. The van der Waals surface area contributed by atoms with E-state index in [2.05, 4.69) is 21.2 Å². The molecule has 0 aliphatic carbocycles. The normalized spacial score (nSPS) is 10.2. The summed E-state index contributed by atoms with van der Waals surface area (Å²) in [5, 5.41) is 11.7. The molecule has 0 bridgehead atoms. The Balaban J connectivity index is 2.66. The predicted octanol–water partition coefficient (Wildman–Crippen LogP) is 2.60. The van der Waals surface area contributed by atoms with Gasteiger partial charge in [-0.15, -0.1) is 0 Å². The minimum Gasteiger partial charge on any atom is -0.478 e. The van der Waals surface area contributed by atoms with Gasteiger partial charge in [0.1, 0.15) is 0 Å². The van der Waals surface area contributed by atoms with E-state index in [0.29, 0.717) is 23.1 Å². The summed E-state index contributed by atoms with van der Waals surface area (Å²) in [7, 11) is 0. The van der Waals surface area contributed by atoms with Gasteiger partial charge in [-0.3, -0.25) is 4.79 Å². The summed E-state index contributed by atoms with van der Waals surface area (Å²) in [4.78, 5) is 22.8. The Morgan fingerprint density at radius 1 is 1.26 bits per heavy atom.